The van der Waals surface area contributed by atoms with Gasteiger partial charge in [-0.2, -0.15) is 167 Å². The lowest BCUT2D eigenvalue weighted by molar-refractivity contribution is -0.820. The summed E-state index contributed by atoms with van der Waals surface area (Å²) in [4.78, 5) is 10.9. The van der Waals surface area contributed by atoms with Gasteiger partial charge >= 0.3 is 113 Å². The summed E-state index contributed by atoms with van der Waals surface area (Å²) in [7, 11) is 0.595. The van der Waals surface area contributed by atoms with Crippen molar-refractivity contribution >= 4 is 6.09 Å². The van der Waals surface area contributed by atoms with Gasteiger partial charge in [0, 0.05) is 6.42 Å². The minimum absolute atomic E-state index is 0.298. The zero-order chi connectivity index (χ0) is 54.1. The molecule has 0 aromatic carbocycles. The van der Waals surface area contributed by atoms with E-state index in [4.69, 9.17) is 5.11 Å². The van der Waals surface area contributed by atoms with Crippen LogP contribution in [0.1, 0.15) is 6.42 Å². The van der Waals surface area contributed by atoms with Crippen molar-refractivity contribution in [3.8, 4) is 0 Å². The zero-order valence-corrected chi connectivity index (χ0v) is 29.2. The molecule has 41 heteroatoms. The molecule has 1 atom stereocenters. The standard InChI is InChI=1S/C24H12F37NO3/c1-62(2,6(64)65)4-5(63)3-7(25,26)8(27,28)9(29,30)10(31,32)11(33,34)12(35,36)13(37,38)14(39,40)15(41,42)16(43,44)17(45,46)18(47,48)19(49,50)20(51,52)21(53,54)22(55,56)23(57,58)24(59,60)61/h5,63H,3-4H2,1-2H3/p+1. The van der Waals surface area contributed by atoms with Crippen LogP contribution >= 0.6 is 0 Å². The van der Waals surface area contributed by atoms with Crippen LogP contribution in [-0.4, -0.2) is 154 Å². The molecule has 1 amide bonds. The lowest BCUT2D eigenvalue weighted by Crippen LogP contribution is -2.80. The number of alkyl halides is 37. The van der Waals surface area contributed by atoms with Gasteiger partial charge in [-0.1, -0.05) is 0 Å². The molecule has 65 heavy (non-hydrogen) atoms. The van der Waals surface area contributed by atoms with Crippen LogP contribution in [0, 0.1) is 0 Å². The predicted molar refractivity (Wildman–Crippen MR) is 126 cm³/mol. The first-order valence-electron chi connectivity index (χ1n) is 14.5. The molecule has 0 aliphatic heterocycles. The molecule has 0 aliphatic rings. The van der Waals surface area contributed by atoms with Gasteiger partial charge in [0.2, 0.25) is 0 Å². The third-order valence-electron chi connectivity index (χ3n) is 8.41. The Kier molecular flexibility index (Phi) is 14.6. The summed E-state index contributed by atoms with van der Waals surface area (Å²) in [6, 6.07) is 0. The fourth-order valence-electron chi connectivity index (χ4n) is 4.26. The summed E-state index contributed by atoms with van der Waals surface area (Å²) in [5.41, 5.74) is 0. The van der Waals surface area contributed by atoms with E-state index < -0.39 is 137 Å². The summed E-state index contributed by atoms with van der Waals surface area (Å²) in [6.45, 7) is -1.97. The monoisotopic (exact) mass is 1070 g/mol. The number of likely N-dealkylation sites (N-methyl/N-ethyl adjacent to an activating group) is 1. The second-order valence-corrected chi connectivity index (χ2v) is 13.4. The van der Waals surface area contributed by atoms with Crippen molar-refractivity contribution in [1.29, 1.82) is 0 Å². The number of rotatable bonds is 20. The van der Waals surface area contributed by atoms with Crippen LogP contribution in [0.15, 0.2) is 0 Å². The van der Waals surface area contributed by atoms with E-state index in [1.165, 1.54) is 0 Å². The highest BCUT2D eigenvalue weighted by Gasteiger charge is 3.02. The van der Waals surface area contributed by atoms with Crippen LogP contribution in [0.2, 0.25) is 0 Å². The predicted octanol–water partition coefficient (Wildman–Crippen LogP) is 11.9. The van der Waals surface area contributed by atoms with Crippen molar-refractivity contribution in [2.75, 3.05) is 20.6 Å². The molecule has 0 bridgehead atoms. The summed E-state index contributed by atoms with van der Waals surface area (Å²) >= 11 is 0. The van der Waals surface area contributed by atoms with Crippen LogP contribution < -0.4 is 0 Å². The van der Waals surface area contributed by atoms with Gasteiger partial charge < -0.3 is 10.2 Å². The highest BCUT2D eigenvalue weighted by Crippen LogP contribution is 2.70. The number of hydrogen-bond acceptors (Lipinski definition) is 2. The van der Waals surface area contributed by atoms with Crippen LogP contribution in [0.3, 0.4) is 0 Å². The lowest BCUT2D eigenvalue weighted by Gasteiger charge is -2.47. The highest BCUT2D eigenvalue weighted by molar-refractivity contribution is 5.56. The Morgan fingerprint density at radius 1 is 0.338 bits per heavy atom. The Morgan fingerprint density at radius 3 is 0.646 bits per heavy atom. The minimum atomic E-state index is -10.5. The zero-order valence-electron chi connectivity index (χ0n) is 29.2. The molecule has 0 fully saturated rings. The van der Waals surface area contributed by atoms with Crippen LogP contribution in [-0.2, 0) is 0 Å². The summed E-state index contributed by atoms with van der Waals surface area (Å²) < 4.78 is 506. The van der Waals surface area contributed by atoms with E-state index in [0.717, 1.165) is 0 Å². The average Bonchev–Trinajstić information content (AvgIpc) is 3.05. The number of aliphatic hydroxyl groups is 1. The first-order valence-corrected chi connectivity index (χ1v) is 14.5. The molecular formula is C24H13F37NO3+. The molecule has 1 unspecified atom stereocenters. The maximum Gasteiger partial charge on any atom is 0.513 e. The van der Waals surface area contributed by atoms with Gasteiger partial charge in [0.1, 0.15) is 12.6 Å². The second kappa shape index (κ2) is 15.4. The Hall–Kier alpha value is -3.20. The van der Waals surface area contributed by atoms with Gasteiger partial charge in [-0.05, 0) is 0 Å². The van der Waals surface area contributed by atoms with Crippen LogP contribution in [0.4, 0.5) is 167 Å². The van der Waals surface area contributed by atoms with E-state index in [2.05, 4.69) is 0 Å². The van der Waals surface area contributed by atoms with Crippen molar-refractivity contribution in [2.45, 2.75) is 119 Å². The van der Waals surface area contributed by atoms with Gasteiger partial charge in [0.25, 0.3) is 0 Å². The fraction of sp³-hybridized carbons (Fsp3) is 0.958. The largest absolute Gasteiger partial charge is 0.513 e. The summed E-state index contributed by atoms with van der Waals surface area (Å²) in [5, 5.41) is 18.1. The number of carboxylic acid groups (broad SMARTS) is 1. The molecule has 0 rings (SSSR count). The first kappa shape index (κ1) is 61.8. The van der Waals surface area contributed by atoms with Crippen molar-refractivity contribution < 1.29 is 182 Å². The fourth-order valence-corrected chi connectivity index (χ4v) is 4.26. The quantitative estimate of drug-likeness (QED) is 0.0944. The van der Waals surface area contributed by atoms with Crippen molar-refractivity contribution in [2.24, 2.45) is 0 Å². The van der Waals surface area contributed by atoms with Gasteiger partial charge in [-0.25, -0.2) is 4.48 Å². The van der Waals surface area contributed by atoms with E-state index >= 15 is 0 Å². The van der Waals surface area contributed by atoms with Crippen molar-refractivity contribution in [3.63, 3.8) is 0 Å². The van der Waals surface area contributed by atoms with Gasteiger partial charge in [0.15, 0.2) is 0 Å². The third kappa shape index (κ3) is 7.65. The van der Waals surface area contributed by atoms with Crippen molar-refractivity contribution in [3.05, 3.63) is 0 Å². The Morgan fingerprint density at radius 2 is 0.492 bits per heavy atom. The number of halogens is 37. The molecule has 4 nitrogen and oxygen atoms in total. The normalized spacial score (nSPS) is 17.4. The van der Waals surface area contributed by atoms with Crippen LogP contribution in [0.25, 0.3) is 0 Å². The topological polar surface area (TPSA) is 57.5 Å². The number of hydrogen-bond donors (Lipinski definition) is 2. The number of amides is 1. The molecule has 0 aliphatic carbocycles. The highest BCUT2D eigenvalue weighted by atomic mass is 19.4. The van der Waals surface area contributed by atoms with E-state index in [1.807, 2.05) is 0 Å². The Balaban J connectivity index is 7.78. The van der Waals surface area contributed by atoms with Gasteiger partial charge in [0.05, 0.1) is 14.1 Å². The number of nitrogens with zero attached hydrogens (tertiary/aromatic N) is 1. The molecule has 0 saturated heterocycles. The summed E-state index contributed by atoms with van der Waals surface area (Å²) in [5.74, 6) is -167. The maximum absolute atomic E-state index is 14.1. The molecule has 0 aromatic heterocycles. The number of carbonyl (C=O) groups is 1. The van der Waals surface area contributed by atoms with Crippen LogP contribution in [0.5, 0.6) is 0 Å². The van der Waals surface area contributed by atoms with Gasteiger partial charge in [-0.15, -0.1) is 0 Å². The molecule has 0 saturated carbocycles. The minimum Gasteiger partial charge on any atom is -0.435 e. The van der Waals surface area contributed by atoms with Crippen molar-refractivity contribution in [1.82, 2.24) is 0 Å². The molecule has 0 aromatic rings. The molecule has 0 spiro atoms. The van der Waals surface area contributed by atoms with Gasteiger partial charge in [-0.3, -0.25) is 0 Å². The summed E-state index contributed by atoms with van der Waals surface area (Å²) in [6.07, 6.45) is -18.0. The average molecular weight is 1070 g/mol. The van der Waals surface area contributed by atoms with E-state index in [-0.39, 0.29) is 0 Å². The molecule has 0 radical (unpaired) electrons. The lowest BCUT2D eigenvalue weighted by atomic mass is 9.82. The Labute approximate surface area is 329 Å². The Bertz CT molecular complexity index is 1740. The smallest absolute Gasteiger partial charge is 0.435 e. The van der Waals surface area contributed by atoms with E-state index in [1.54, 1.807) is 0 Å². The third-order valence-corrected chi connectivity index (χ3v) is 8.41. The van der Waals surface area contributed by atoms with E-state index in [0.29, 0.717) is 14.1 Å². The second-order valence-electron chi connectivity index (χ2n) is 13.4. The SMILES string of the molecule is C[N+](C)(CC(O)CC(F)(F)C(F)(F)C(F)(F)C(F)(F)C(F)(F)C(F)(F)C(F)(F)C(F)(F)C(F)(F)C(F)(F)C(F)(F)C(F)(F)C(F)(F)C(F)(F)C(F)(F)C(F)(F)C(F)(F)C(F)(F)F)C(=O)O. The maximum atomic E-state index is 14.1. The first-order chi connectivity index (χ1) is 27.3. The number of quaternary nitrogens is 1. The molecular weight excluding hydrogens is 1050 g/mol. The molecule has 2 N–H and O–H groups in total. The molecule has 390 valence electrons. The number of aliphatic hydroxyl groups excluding tert-OH is 1. The van der Waals surface area contributed by atoms with E-state index in [9.17, 15) is 172 Å². The molecule has 0 heterocycles.